The van der Waals surface area contributed by atoms with Crippen LogP contribution in [0.4, 0.5) is 0 Å². The lowest BCUT2D eigenvalue weighted by Crippen LogP contribution is -2.35. The minimum Gasteiger partial charge on any atom is -0.354 e. The van der Waals surface area contributed by atoms with Crippen molar-refractivity contribution in [2.45, 2.75) is 37.6 Å². The minimum absolute atomic E-state index is 0.00908. The molecular weight excluding hydrogens is 337 g/mol. The zero-order valence-corrected chi connectivity index (χ0v) is 14.0. The smallest absolute Gasteiger partial charge is 0.242 e. The van der Waals surface area contributed by atoms with Crippen LogP contribution in [0.5, 0.6) is 0 Å². The van der Waals surface area contributed by atoms with Gasteiger partial charge in [-0.3, -0.25) is 4.79 Å². The average molecular weight is 354 g/mol. The summed E-state index contributed by atoms with van der Waals surface area (Å²) in [7, 11) is -3.76. The molecule has 1 aromatic rings. The van der Waals surface area contributed by atoms with Crippen LogP contribution in [0.25, 0.3) is 0 Å². The Bertz CT molecular complexity index is 608. The number of nitrogens with zero attached hydrogens (tertiary/aromatic N) is 1. The SMILES string of the molecule is CCC(C)NC(=O)CCNS(=O)(=O)c1cnc(Cl)c(Cl)c1. The van der Waals surface area contributed by atoms with Crippen LogP contribution in [0.3, 0.4) is 0 Å². The first-order valence-corrected chi connectivity index (χ1v) is 8.60. The second-order valence-corrected chi connectivity index (χ2v) is 7.00. The first-order chi connectivity index (χ1) is 9.76. The van der Waals surface area contributed by atoms with E-state index in [0.29, 0.717) is 0 Å². The lowest BCUT2D eigenvalue weighted by Gasteiger charge is -2.11. The molecule has 1 heterocycles. The van der Waals surface area contributed by atoms with Crippen molar-refractivity contribution in [3.8, 4) is 0 Å². The van der Waals surface area contributed by atoms with E-state index in [1.165, 1.54) is 6.07 Å². The summed E-state index contributed by atoms with van der Waals surface area (Å²) in [5.74, 6) is -0.209. The quantitative estimate of drug-likeness (QED) is 0.733. The van der Waals surface area contributed by atoms with Crippen LogP contribution in [-0.2, 0) is 14.8 Å². The van der Waals surface area contributed by atoms with Crippen LogP contribution in [-0.4, -0.2) is 31.9 Å². The van der Waals surface area contributed by atoms with Crippen LogP contribution in [0.15, 0.2) is 17.2 Å². The van der Waals surface area contributed by atoms with Crippen LogP contribution in [0, 0.1) is 0 Å². The Balaban J connectivity index is 2.57. The van der Waals surface area contributed by atoms with Gasteiger partial charge in [0.2, 0.25) is 15.9 Å². The number of nitrogens with one attached hydrogen (secondary N) is 2. The van der Waals surface area contributed by atoms with E-state index in [9.17, 15) is 13.2 Å². The fourth-order valence-electron chi connectivity index (χ4n) is 1.38. The highest BCUT2D eigenvalue weighted by molar-refractivity contribution is 7.89. The maximum atomic E-state index is 12.0. The Labute approximate surface area is 134 Å². The van der Waals surface area contributed by atoms with E-state index < -0.39 is 10.0 Å². The van der Waals surface area contributed by atoms with Gasteiger partial charge < -0.3 is 5.32 Å². The predicted molar refractivity (Wildman–Crippen MR) is 82.0 cm³/mol. The Hall–Kier alpha value is -0.890. The molecule has 2 N–H and O–H groups in total. The fourth-order valence-corrected chi connectivity index (χ4v) is 2.72. The topological polar surface area (TPSA) is 88.2 Å². The van der Waals surface area contributed by atoms with Crippen molar-refractivity contribution in [3.63, 3.8) is 0 Å². The molecule has 0 radical (unpaired) electrons. The van der Waals surface area contributed by atoms with Gasteiger partial charge in [0.25, 0.3) is 0 Å². The average Bonchev–Trinajstić information content (AvgIpc) is 2.41. The summed E-state index contributed by atoms with van der Waals surface area (Å²) < 4.78 is 26.3. The third-order valence-electron chi connectivity index (χ3n) is 2.75. The number of aromatic nitrogens is 1. The fraction of sp³-hybridized carbons (Fsp3) is 0.500. The van der Waals surface area contributed by atoms with Crippen molar-refractivity contribution in [2.24, 2.45) is 0 Å². The number of amides is 1. The maximum absolute atomic E-state index is 12.0. The highest BCUT2D eigenvalue weighted by atomic mass is 35.5. The standard InChI is InChI=1S/C12H17Cl2N3O3S/c1-3-8(2)17-11(18)4-5-16-21(19,20)9-6-10(13)12(14)15-7-9/h6-8,16H,3-5H2,1-2H3,(H,17,18). The zero-order chi connectivity index (χ0) is 16.0. The molecule has 0 saturated carbocycles. The number of halogens is 2. The monoisotopic (exact) mass is 353 g/mol. The first kappa shape index (κ1) is 18.2. The molecule has 0 bridgehead atoms. The normalized spacial score (nSPS) is 13.0. The summed E-state index contributed by atoms with van der Waals surface area (Å²) >= 11 is 11.4. The Morgan fingerprint density at radius 1 is 1.43 bits per heavy atom. The number of carbonyl (C=O) groups is 1. The second-order valence-electron chi connectivity index (χ2n) is 4.47. The first-order valence-electron chi connectivity index (χ1n) is 6.36. The van der Waals surface area contributed by atoms with Crippen LogP contribution < -0.4 is 10.0 Å². The summed E-state index contributed by atoms with van der Waals surface area (Å²) in [4.78, 5) is 15.1. The van der Waals surface area contributed by atoms with Crippen LogP contribution in [0.2, 0.25) is 10.2 Å². The van der Waals surface area contributed by atoms with Crippen LogP contribution >= 0.6 is 23.2 Å². The molecule has 1 aromatic heterocycles. The van der Waals surface area contributed by atoms with Crippen molar-refractivity contribution in [1.82, 2.24) is 15.0 Å². The summed E-state index contributed by atoms with van der Waals surface area (Å²) in [5.41, 5.74) is 0. The van der Waals surface area contributed by atoms with E-state index in [1.807, 2.05) is 13.8 Å². The van der Waals surface area contributed by atoms with Crippen LogP contribution in [0.1, 0.15) is 26.7 Å². The highest BCUT2D eigenvalue weighted by Gasteiger charge is 2.16. The third-order valence-corrected chi connectivity index (χ3v) is 4.86. The molecule has 1 amide bonds. The lowest BCUT2D eigenvalue weighted by molar-refractivity contribution is -0.121. The number of hydrogen-bond acceptors (Lipinski definition) is 4. The summed E-state index contributed by atoms with van der Waals surface area (Å²) in [5, 5.41) is 2.83. The molecule has 9 heteroatoms. The van der Waals surface area contributed by atoms with Gasteiger partial charge in [0.05, 0.1) is 5.02 Å². The van der Waals surface area contributed by atoms with E-state index in [1.54, 1.807) is 0 Å². The van der Waals surface area contributed by atoms with E-state index in [4.69, 9.17) is 23.2 Å². The molecule has 0 aliphatic rings. The van der Waals surface area contributed by atoms with Gasteiger partial charge in [0.15, 0.2) is 0 Å². The van der Waals surface area contributed by atoms with Crippen molar-refractivity contribution in [2.75, 3.05) is 6.54 Å². The molecule has 1 rings (SSSR count). The second kappa shape index (κ2) is 7.93. The summed E-state index contributed by atoms with van der Waals surface area (Å²) in [6.07, 6.45) is 1.97. The molecule has 0 aliphatic heterocycles. The predicted octanol–water partition coefficient (Wildman–Crippen LogP) is 1.97. The van der Waals surface area contributed by atoms with E-state index in [-0.39, 0.29) is 40.0 Å². The number of pyridine rings is 1. The highest BCUT2D eigenvalue weighted by Crippen LogP contribution is 2.21. The van der Waals surface area contributed by atoms with E-state index in [0.717, 1.165) is 12.6 Å². The molecule has 0 aromatic carbocycles. The van der Waals surface area contributed by atoms with Gasteiger partial charge in [-0.15, -0.1) is 0 Å². The molecule has 21 heavy (non-hydrogen) atoms. The van der Waals surface area contributed by atoms with Gasteiger partial charge in [-0.2, -0.15) is 0 Å². The maximum Gasteiger partial charge on any atom is 0.242 e. The van der Waals surface area contributed by atoms with Gasteiger partial charge in [0, 0.05) is 25.2 Å². The molecule has 0 aliphatic carbocycles. The van der Waals surface area contributed by atoms with Gasteiger partial charge in [-0.05, 0) is 19.4 Å². The molecule has 0 saturated heterocycles. The minimum atomic E-state index is -3.76. The van der Waals surface area contributed by atoms with E-state index in [2.05, 4.69) is 15.0 Å². The van der Waals surface area contributed by atoms with Gasteiger partial charge in [0.1, 0.15) is 10.0 Å². The van der Waals surface area contributed by atoms with Crippen molar-refractivity contribution in [3.05, 3.63) is 22.4 Å². The molecule has 1 unspecified atom stereocenters. The molecular formula is C12H17Cl2N3O3S. The summed E-state index contributed by atoms with van der Waals surface area (Å²) in [6, 6.07) is 1.27. The number of sulfonamides is 1. The molecule has 0 spiro atoms. The Morgan fingerprint density at radius 2 is 2.10 bits per heavy atom. The van der Waals surface area contributed by atoms with Crippen molar-refractivity contribution >= 4 is 39.1 Å². The molecule has 6 nitrogen and oxygen atoms in total. The Morgan fingerprint density at radius 3 is 2.67 bits per heavy atom. The zero-order valence-electron chi connectivity index (χ0n) is 11.7. The largest absolute Gasteiger partial charge is 0.354 e. The van der Waals surface area contributed by atoms with Gasteiger partial charge in [-0.25, -0.2) is 18.1 Å². The molecule has 118 valence electrons. The third kappa shape index (κ3) is 5.78. The number of carbonyl (C=O) groups excluding carboxylic acids is 1. The number of hydrogen-bond donors (Lipinski definition) is 2. The molecule has 1 atom stereocenters. The Kier molecular flexibility index (Phi) is 6.86. The summed E-state index contributed by atoms with van der Waals surface area (Å²) in [6.45, 7) is 3.82. The van der Waals surface area contributed by atoms with Crippen molar-refractivity contribution in [1.29, 1.82) is 0 Å². The van der Waals surface area contributed by atoms with Gasteiger partial charge >= 0.3 is 0 Å². The number of rotatable bonds is 7. The van der Waals surface area contributed by atoms with E-state index >= 15 is 0 Å². The van der Waals surface area contributed by atoms with Crippen molar-refractivity contribution < 1.29 is 13.2 Å². The molecule has 0 fully saturated rings. The lowest BCUT2D eigenvalue weighted by atomic mass is 10.2. The van der Waals surface area contributed by atoms with Gasteiger partial charge in [-0.1, -0.05) is 30.1 Å².